The van der Waals surface area contributed by atoms with E-state index in [0.29, 0.717) is 5.69 Å². The van der Waals surface area contributed by atoms with Gasteiger partial charge in [-0.1, -0.05) is 11.3 Å². The summed E-state index contributed by atoms with van der Waals surface area (Å²) in [4.78, 5) is 16.6. The van der Waals surface area contributed by atoms with Crippen LogP contribution in [0.3, 0.4) is 0 Å². The maximum atomic E-state index is 11.4. The van der Waals surface area contributed by atoms with E-state index in [-0.39, 0.29) is 12.4 Å². The van der Waals surface area contributed by atoms with Gasteiger partial charge in [-0.05, 0) is 31.2 Å². The Balaban J connectivity index is 1.95. The number of hydrogen-bond donors (Lipinski definition) is 0. The van der Waals surface area contributed by atoms with Crippen LogP contribution in [-0.4, -0.2) is 34.8 Å². The fourth-order valence-electron chi connectivity index (χ4n) is 2.12. The van der Waals surface area contributed by atoms with Crippen molar-refractivity contribution in [1.82, 2.24) is 14.6 Å². The molecule has 7 heteroatoms. The van der Waals surface area contributed by atoms with Crippen molar-refractivity contribution in [1.29, 1.82) is 0 Å². The highest BCUT2D eigenvalue weighted by atomic mass is 32.1. The molecule has 0 saturated carbocycles. The van der Waals surface area contributed by atoms with Crippen molar-refractivity contribution < 1.29 is 14.3 Å². The van der Waals surface area contributed by atoms with Crippen LogP contribution in [0.4, 0.5) is 0 Å². The number of rotatable bonds is 4. The van der Waals surface area contributed by atoms with Gasteiger partial charge in [0.1, 0.15) is 10.8 Å². The van der Waals surface area contributed by atoms with Crippen LogP contribution >= 0.6 is 11.3 Å². The zero-order chi connectivity index (χ0) is 15.7. The van der Waals surface area contributed by atoms with Gasteiger partial charge in [0.05, 0.1) is 32.0 Å². The van der Waals surface area contributed by atoms with E-state index < -0.39 is 0 Å². The number of carbonyl (C=O) groups is 1. The van der Waals surface area contributed by atoms with E-state index in [1.165, 1.54) is 18.4 Å². The average Bonchev–Trinajstić information content (AvgIpc) is 3.08. The van der Waals surface area contributed by atoms with Gasteiger partial charge in [-0.2, -0.15) is 5.10 Å². The van der Waals surface area contributed by atoms with Gasteiger partial charge in [0.25, 0.3) is 0 Å². The molecule has 0 atom stereocenters. The van der Waals surface area contributed by atoms with Gasteiger partial charge in [0.15, 0.2) is 0 Å². The molecule has 0 bridgehead atoms. The molecule has 3 rings (SSSR count). The molecule has 3 aromatic rings. The van der Waals surface area contributed by atoms with Crippen LogP contribution in [0, 0.1) is 6.92 Å². The molecule has 0 saturated heterocycles. The molecule has 0 radical (unpaired) electrons. The summed E-state index contributed by atoms with van der Waals surface area (Å²) in [6.45, 7) is 1.90. The Hall–Kier alpha value is -2.41. The highest BCUT2D eigenvalue weighted by molar-refractivity contribution is 7.19. The summed E-state index contributed by atoms with van der Waals surface area (Å²) in [7, 11) is 3.01. The predicted molar refractivity (Wildman–Crippen MR) is 83.3 cm³/mol. The number of methoxy groups -OCH3 is 2. The molecule has 0 N–H and O–H groups in total. The summed E-state index contributed by atoms with van der Waals surface area (Å²) in [5.74, 6) is 0.505. The van der Waals surface area contributed by atoms with Crippen molar-refractivity contribution in [2.24, 2.45) is 0 Å². The normalized spacial score (nSPS) is 10.9. The van der Waals surface area contributed by atoms with Crippen molar-refractivity contribution in [3.63, 3.8) is 0 Å². The Morgan fingerprint density at radius 1 is 1.27 bits per heavy atom. The molecule has 1 aromatic carbocycles. The quantitative estimate of drug-likeness (QED) is 0.692. The third-order valence-corrected chi connectivity index (χ3v) is 4.36. The van der Waals surface area contributed by atoms with Crippen molar-refractivity contribution in [2.45, 2.75) is 13.3 Å². The topological polar surface area (TPSA) is 65.7 Å². The number of ether oxygens (including phenoxy) is 2. The smallest absolute Gasteiger partial charge is 0.311 e. The second kappa shape index (κ2) is 5.76. The molecular formula is C15H15N3O3S. The first kappa shape index (κ1) is 14.5. The monoisotopic (exact) mass is 317 g/mol. The maximum Gasteiger partial charge on any atom is 0.311 e. The number of imidazole rings is 1. The summed E-state index contributed by atoms with van der Waals surface area (Å²) in [6.07, 6.45) is 0.163. The summed E-state index contributed by atoms with van der Waals surface area (Å²) >= 11 is 1.48. The molecule has 0 amide bonds. The lowest BCUT2D eigenvalue weighted by Gasteiger charge is -2.00. The number of hydrogen-bond acceptors (Lipinski definition) is 6. The minimum atomic E-state index is -0.302. The van der Waals surface area contributed by atoms with Crippen LogP contribution in [0.5, 0.6) is 5.75 Å². The lowest BCUT2D eigenvalue weighted by molar-refractivity contribution is -0.139. The van der Waals surface area contributed by atoms with Crippen LogP contribution in [0.2, 0.25) is 0 Å². The van der Waals surface area contributed by atoms with E-state index in [4.69, 9.17) is 4.74 Å². The van der Waals surface area contributed by atoms with Crippen LogP contribution in [0.15, 0.2) is 24.3 Å². The molecule has 22 heavy (non-hydrogen) atoms. The Morgan fingerprint density at radius 2 is 2.00 bits per heavy atom. The van der Waals surface area contributed by atoms with Gasteiger partial charge in [-0.15, -0.1) is 0 Å². The molecule has 0 unspecified atom stereocenters. The van der Waals surface area contributed by atoms with Crippen LogP contribution < -0.4 is 4.74 Å². The van der Waals surface area contributed by atoms with Crippen molar-refractivity contribution >= 4 is 22.3 Å². The zero-order valence-electron chi connectivity index (χ0n) is 12.5. The molecule has 2 heterocycles. The van der Waals surface area contributed by atoms with E-state index in [0.717, 1.165) is 27.0 Å². The van der Waals surface area contributed by atoms with Gasteiger partial charge in [-0.25, -0.2) is 9.50 Å². The summed E-state index contributed by atoms with van der Waals surface area (Å²) < 4.78 is 11.6. The highest BCUT2D eigenvalue weighted by Crippen LogP contribution is 2.28. The van der Waals surface area contributed by atoms with E-state index in [2.05, 4.69) is 14.8 Å². The van der Waals surface area contributed by atoms with E-state index in [1.807, 2.05) is 31.2 Å². The maximum absolute atomic E-state index is 11.4. The van der Waals surface area contributed by atoms with E-state index in [9.17, 15) is 4.79 Å². The fourth-order valence-corrected chi connectivity index (χ4v) is 3.09. The van der Waals surface area contributed by atoms with Crippen molar-refractivity contribution in [3.8, 4) is 16.3 Å². The van der Waals surface area contributed by atoms with Crippen LogP contribution in [0.1, 0.15) is 11.4 Å². The number of nitrogens with zero attached hydrogens (tertiary/aromatic N) is 3. The molecule has 114 valence electrons. The molecule has 2 aromatic heterocycles. The molecular weight excluding hydrogens is 302 g/mol. The van der Waals surface area contributed by atoms with Crippen LogP contribution in [-0.2, 0) is 16.0 Å². The SMILES string of the molecule is COC(=O)Cc1nc2sc(-c3ccc(OC)cc3)nn2c1C. The molecule has 0 fully saturated rings. The molecule has 0 aliphatic heterocycles. The fraction of sp³-hybridized carbons (Fsp3) is 0.267. The Kier molecular flexibility index (Phi) is 3.81. The third kappa shape index (κ3) is 2.55. The number of esters is 1. The Bertz CT molecular complexity index is 821. The summed E-state index contributed by atoms with van der Waals surface area (Å²) in [5.41, 5.74) is 2.56. The number of aromatic nitrogens is 3. The first-order valence-corrected chi connectivity index (χ1v) is 7.50. The largest absolute Gasteiger partial charge is 0.497 e. The summed E-state index contributed by atoms with van der Waals surface area (Å²) in [6, 6.07) is 7.72. The predicted octanol–water partition coefficient (Wildman–Crippen LogP) is 2.49. The zero-order valence-corrected chi connectivity index (χ0v) is 13.3. The lowest BCUT2D eigenvalue weighted by Crippen LogP contribution is -2.06. The average molecular weight is 317 g/mol. The lowest BCUT2D eigenvalue weighted by atomic mass is 10.2. The number of carbonyl (C=O) groups excluding carboxylic acids is 1. The number of aryl methyl sites for hydroxylation is 1. The second-order valence-electron chi connectivity index (χ2n) is 4.73. The van der Waals surface area contributed by atoms with E-state index in [1.54, 1.807) is 11.6 Å². The van der Waals surface area contributed by atoms with E-state index >= 15 is 0 Å². The minimum Gasteiger partial charge on any atom is -0.497 e. The van der Waals surface area contributed by atoms with Gasteiger partial charge < -0.3 is 9.47 Å². The van der Waals surface area contributed by atoms with Gasteiger partial charge >= 0.3 is 5.97 Å². The van der Waals surface area contributed by atoms with Crippen molar-refractivity contribution in [2.75, 3.05) is 14.2 Å². The first-order chi connectivity index (χ1) is 10.6. The Labute approximate surface area is 131 Å². The first-order valence-electron chi connectivity index (χ1n) is 6.68. The number of benzene rings is 1. The minimum absolute atomic E-state index is 0.163. The van der Waals surface area contributed by atoms with Gasteiger partial charge in [-0.3, -0.25) is 4.79 Å². The summed E-state index contributed by atoms with van der Waals surface area (Å²) in [5, 5.41) is 5.44. The Morgan fingerprint density at radius 3 is 2.59 bits per heavy atom. The standard InChI is InChI=1S/C15H15N3O3S/c1-9-12(8-13(19)21-3)16-15-18(9)17-14(22-15)10-4-6-11(20-2)7-5-10/h4-7H,8H2,1-3H3. The molecule has 0 spiro atoms. The van der Waals surface area contributed by atoms with Crippen molar-refractivity contribution in [3.05, 3.63) is 35.7 Å². The van der Waals surface area contributed by atoms with Gasteiger partial charge in [0, 0.05) is 5.56 Å². The number of fused-ring (bicyclic) bond motifs is 1. The van der Waals surface area contributed by atoms with Crippen LogP contribution in [0.25, 0.3) is 15.5 Å². The molecule has 6 nitrogen and oxygen atoms in total. The highest BCUT2D eigenvalue weighted by Gasteiger charge is 2.16. The van der Waals surface area contributed by atoms with Gasteiger partial charge in [0.2, 0.25) is 4.96 Å². The second-order valence-corrected chi connectivity index (χ2v) is 5.68. The molecule has 0 aliphatic carbocycles. The third-order valence-electron chi connectivity index (χ3n) is 3.40. The molecule has 0 aliphatic rings.